The molecule has 17 heavy (non-hydrogen) atoms. The second-order valence-corrected chi connectivity index (χ2v) is 4.49. The van der Waals surface area contributed by atoms with E-state index in [0.29, 0.717) is 41.7 Å². The molecular weight excluding hydrogens is 259 g/mol. The van der Waals surface area contributed by atoms with Crippen LogP contribution in [0.5, 0.6) is 5.75 Å². The highest BCUT2D eigenvalue weighted by Gasteiger charge is 2.09. The predicted molar refractivity (Wildman–Crippen MR) is 71.5 cm³/mol. The minimum atomic E-state index is 0.0644. The molecule has 0 radical (unpaired) electrons. The predicted octanol–water partition coefficient (Wildman–Crippen LogP) is 4.33. The summed E-state index contributed by atoms with van der Waals surface area (Å²) in [5.41, 5.74) is 0.615. The molecular formula is C13H16Cl2O2. The van der Waals surface area contributed by atoms with Crippen LogP contribution in [-0.4, -0.2) is 18.3 Å². The van der Waals surface area contributed by atoms with Crippen molar-refractivity contribution in [1.29, 1.82) is 0 Å². The van der Waals surface area contributed by atoms with E-state index in [0.717, 1.165) is 6.42 Å². The van der Waals surface area contributed by atoms with Crippen LogP contribution in [0.1, 0.15) is 36.5 Å². The number of halogens is 2. The van der Waals surface area contributed by atoms with Crippen LogP contribution in [0.3, 0.4) is 0 Å². The molecule has 0 spiro atoms. The molecule has 0 aliphatic carbocycles. The van der Waals surface area contributed by atoms with Gasteiger partial charge in [-0.1, -0.05) is 18.5 Å². The number of rotatable bonds is 7. The van der Waals surface area contributed by atoms with Crippen molar-refractivity contribution in [2.75, 3.05) is 12.5 Å². The molecule has 0 aromatic heterocycles. The molecule has 0 saturated heterocycles. The number of benzene rings is 1. The Kier molecular flexibility index (Phi) is 6.38. The van der Waals surface area contributed by atoms with Crippen LogP contribution < -0.4 is 4.74 Å². The number of carbonyl (C=O) groups excluding carboxylic acids is 1. The molecule has 0 N–H and O–H groups in total. The van der Waals surface area contributed by atoms with Crippen LogP contribution in [0.2, 0.25) is 5.02 Å². The van der Waals surface area contributed by atoms with Gasteiger partial charge in [0.25, 0.3) is 0 Å². The molecule has 1 aromatic rings. The van der Waals surface area contributed by atoms with Crippen molar-refractivity contribution >= 4 is 29.0 Å². The van der Waals surface area contributed by atoms with Gasteiger partial charge in [-0.15, -0.1) is 11.6 Å². The Morgan fingerprint density at radius 2 is 2.18 bits per heavy atom. The summed E-state index contributed by atoms with van der Waals surface area (Å²) >= 11 is 11.6. The van der Waals surface area contributed by atoms with Gasteiger partial charge in [-0.05, 0) is 31.0 Å². The third-order valence-corrected chi connectivity index (χ3v) is 2.82. The van der Waals surface area contributed by atoms with Gasteiger partial charge in [0.1, 0.15) is 5.75 Å². The smallest absolute Gasteiger partial charge is 0.162 e. The summed E-state index contributed by atoms with van der Waals surface area (Å²) in [7, 11) is 0. The molecule has 0 saturated carbocycles. The van der Waals surface area contributed by atoms with E-state index in [4.69, 9.17) is 27.9 Å². The molecule has 0 bridgehead atoms. The Balaban J connectivity index is 2.70. The lowest BCUT2D eigenvalue weighted by Gasteiger charge is -2.08. The van der Waals surface area contributed by atoms with Gasteiger partial charge in [-0.25, -0.2) is 0 Å². The molecule has 0 atom stereocenters. The molecule has 0 amide bonds. The number of hydrogen-bond donors (Lipinski definition) is 0. The minimum Gasteiger partial charge on any atom is -0.492 e. The lowest BCUT2D eigenvalue weighted by Crippen LogP contribution is -2.01. The van der Waals surface area contributed by atoms with Gasteiger partial charge >= 0.3 is 0 Å². The zero-order valence-corrected chi connectivity index (χ0v) is 11.4. The molecule has 94 valence electrons. The summed E-state index contributed by atoms with van der Waals surface area (Å²) in [5, 5.41) is 0.482. The van der Waals surface area contributed by atoms with Crippen molar-refractivity contribution in [2.45, 2.75) is 26.2 Å². The zero-order chi connectivity index (χ0) is 12.7. The molecule has 0 heterocycles. The van der Waals surface area contributed by atoms with E-state index in [1.807, 2.05) is 6.92 Å². The van der Waals surface area contributed by atoms with Gasteiger partial charge in [0.05, 0.1) is 11.6 Å². The van der Waals surface area contributed by atoms with Gasteiger partial charge in [0.2, 0.25) is 0 Å². The highest BCUT2D eigenvalue weighted by Crippen LogP contribution is 2.26. The van der Waals surface area contributed by atoms with Crippen LogP contribution in [-0.2, 0) is 0 Å². The normalized spacial score (nSPS) is 10.3. The summed E-state index contributed by atoms with van der Waals surface area (Å²) in [4.78, 5) is 11.7. The second-order valence-electron chi connectivity index (χ2n) is 3.71. The first-order valence-electron chi connectivity index (χ1n) is 5.70. The fourth-order valence-corrected chi connectivity index (χ4v) is 1.74. The minimum absolute atomic E-state index is 0.0644. The summed E-state index contributed by atoms with van der Waals surface area (Å²) in [6, 6.07) is 5.14. The van der Waals surface area contributed by atoms with E-state index in [-0.39, 0.29) is 5.78 Å². The van der Waals surface area contributed by atoms with E-state index in [2.05, 4.69) is 0 Å². The first-order valence-corrected chi connectivity index (χ1v) is 6.61. The molecule has 0 aliphatic rings. The van der Waals surface area contributed by atoms with E-state index >= 15 is 0 Å². The van der Waals surface area contributed by atoms with Crippen molar-refractivity contribution in [2.24, 2.45) is 0 Å². The summed E-state index contributed by atoms with van der Waals surface area (Å²) in [6.45, 7) is 2.65. The fraction of sp³-hybridized carbons (Fsp3) is 0.462. The maximum Gasteiger partial charge on any atom is 0.162 e. The van der Waals surface area contributed by atoms with Crippen molar-refractivity contribution < 1.29 is 9.53 Å². The van der Waals surface area contributed by atoms with Crippen molar-refractivity contribution in [3.05, 3.63) is 28.8 Å². The Morgan fingerprint density at radius 3 is 2.76 bits per heavy atom. The monoisotopic (exact) mass is 274 g/mol. The van der Waals surface area contributed by atoms with E-state index in [1.165, 1.54) is 0 Å². The third-order valence-electron chi connectivity index (χ3n) is 2.25. The molecule has 1 rings (SSSR count). The van der Waals surface area contributed by atoms with Gasteiger partial charge in [-0.2, -0.15) is 0 Å². The van der Waals surface area contributed by atoms with Crippen LogP contribution in [0, 0.1) is 0 Å². The van der Waals surface area contributed by atoms with Crippen molar-refractivity contribution in [1.82, 2.24) is 0 Å². The van der Waals surface area contributed by atoms with E-state index in [1.54, 1.807) is 18.2 Å². The lowest BCUT2D eigenvalue weighted by atomic mass is 10.1. The van der Waals surface area contributed by atoms with Crippen molar-refractivity contribution in [3.8, 4) is 5.75 Å². The largest absolute Gasteiger partial charge is 0.492 e. The summed E-state index contributed by atoms with van der Waals surface area (Å²) in [5.74, 6) is 1.19. The molecule has 0 aliphatic heterocycles. The van der Waals surface area contributed by atoms with Crippen molar-refractivity contribution in [3.63, 3.8) is 0 Å². The van der Waals surface area contributed by atoms with E-state index in [9.17, 15) is 4.79 Å². The number of hydrogen-bond acceptors (Lipinski definition) is 2. The SMILES string of the molecule is CCCOc1ccc(C(=O)CCCCl)cc1Cl. The first kappa shape index (κ1) is 14.3. The maximum absolute atomic E-state index is 11.7. The van der Waals surface area contributed by atoms with E-state index < -0.39 is 0 Å². The highest BCUT2D eigenvalue weighted by atomic mass is 35.5. The molecule has 1 aromatic carbocycles. The number of carbonyl (C=O) groups is 1. The summed E-state index contributed by atoms with van der Waals surface area (Å²) < 4.78 is 5.44. The number of alkyl halides is 1. The highest BCUT2D eigenvalue weighted by molar-refractivity contribution is 6.32. The molecule has 0 fully saturated rings. The number of ether oxygens (including phenoxy) is 1. The number of ketones is 1. The number of Topliss-reactive ketones (excluding diaryl/α,β-unsaturated/α-hetero) is 1. The molecule has 0 unspecified atom stereocenters. The van der Waals surface area contributed by atoms with Crippen LogP contribution in [0.4, 0.5) is 0 Å². The lowest BCUT2D eigenvalue weighted by molar-refractivity contribution is 0.0982. The third kappa shape index (κ3) is 4.57. The quantitative estimate of drug-likeness (QED) is 0.547. The first-order chi connectivity index (χ1) is 8.19. The zero-order valence-electron chi connectivity index (χ0n) is 9.84. The molecule has 2 nitrogen and oxygen atoms in total. The van der Waals surface area contributed by atoms with Gasteiger partial charge in [0.15, 0.2) is 5.78 Å². The average molecular weight is 275 g/mol. The maximum atomic E-state index is 11.7. The Morgan fingerprint density at radius 1 is 1.41 bits per heavy atom. The van der Waals surface area contributed by atoms with Crippen LogP contribution in [0.25, 0.3) is 0 Å². The van der Waals surface area contributed by atoms with Gasteiger partial charge in [-0.3, -0.25) is 4.79 Å². The average Bonchev–Trinajstić information content (AvgIpc) is 2.34. The van der Waals surface area contributed by atoms with Crippen LogP contribution in [0.15, 0.2) is 18.2 Å². The fourth-order valence-electron chi connectivity index (χ4n) is 1.38. The van der Waals surface area contributed by atoms with Gasteiger partial charge in [0, 0.05) is 17.9 Å². The standard InChI is InChI=1S/C13H16Cl2O2/c1-2-8-17-13-6-5-10(9-11(13)15)12(16)4-3-7-14/h5-6,9H,2-4,7-8H2,1H3. The van der Waals surface area contributed by atoms with Crippen LogP contribution >= 0.6 is 23.2 Å². The van der Waals surface area contributed by atoms with Gasteiger partial charge < -0.3 is 4.74 Å². The Hall–Kier alpha value is -0.730. The second kappa shape index (κ2) is 7.57. The Labute approximate surface area is 112 Å². The topological polar surface area (TPSA) is 26.3 Å². The molecule has 4 heteroatoms. The Bertz CT molecular complexity index is 378. The summed E-state index contributed by atoms with van der Waals surface area (Å²) in [6.07, 6.45) is 2.06.